The number of carbonyl (C=O) groups excluding carboxylic acids is 2. The van der Waals surface area contributed by atoms with Gasteiger partial charge in [0.05, 0.1) is 12.7 Å². The van der Waals surface area contributed by atoms with E-state index in [4.69, 9.17) is 26.6 Å². The Labute approximate surface area is 171 Å². The Kier molecular flexibility index (Phi) is 5.55. The molecule has 10 heteroatoms. The van der Waals surface area contributed by atoms with E-state index in [9.17, 15) is 14.4 Å². The first-order valence-corrected chi connectivity index (χ1v) is 8.96. The number of pyridine rings is 1. The van der Waals surface area contributed by atoms with Crippen molar-refractivity contribution in [2.45, 2.75) is 25.4 Å². The Hall–Kier alpha value is -4.13. The van der Waals surface area contributed by atoms with Gasteiger partial charge in [0.25, 0.3) is 5.91 Å². The number of carbonyl (C=O) groups is 3. The molecule has 0 spiro atoms. The second-order valence-corrected chi connectivity index (χ2v) is 6.74. The lowest BCUT2D eigenvalue weighted by atomic mass is 10.0. The summed E-state index contributed by atoms with van der Waals surface area (Å²) in [6, 6.07) is 7.37. The van der Waals surface area contributed by atoms with Gasteiger partial charge in [-0.3, -0.25) is 14.4 Å². The molecule has 154 valence electrons. The van der Waals surface area contributed by atoms with E-state index in [1.54, 1.807) is 18.2 Å². The molecule has 1 aromatic carbocycles. The number of nitrogen functional groups attached to an aromatic ring is 1. The molecule has 1 aliphatic heterocycles. The molecular weight excluding hydrogens is 390 g/mol. The van der Waals surface area contributed by atoms with E-state index in [1.165, 1.54) is 18.1 Å². The van der Waals surface area contributed by atoms with E-state index in [1.807, 2.05) is 6.07 Å². The highest BCUT2D eigenvalue weighted by atomic mass is 16.5. The lowest BCUT2D eigenvalue weighted by molar-refractivity contribution is -0.137. The quantitative estimate of drug-likeness (QED) is 0.604. The smallest absolute Gasteiger partial charge is 0.303 e. The highest BCUT2D eigenvalue weighted by molar-refractivity contribution is 6.01. The molecule has 2 heterocycles. The summed E-state index contributed by atoms with van der Waals surface area (Å²) in [6.45, 7) is 0.101. The summed E-state index contributed by atoms with van der Waals surface area (Å²) in [6.07, 6.45) is -0.358. The molecule has 0 saturated carbocycles. The van der Waals surface area contributed by atoms with E-state index >= 15 is 0 Å². The maximum absolute atomic E-state index is 12.8. The van der Waals surface area contributed by atoms with Crippen LogP contribution in [0, 0.1) is 11.3 Å². The highest BCUT2D eigenvalue weighted by Crippen LogP contribution is 2.34. The molecule has 0 fully saturated rings. The Morgan fingerprint density at radius 3 is 2.73 bits per heavy atom. The van der Waals surface area contributed by atoms with E-state index in [0.717, 1.165) is 0 Å². The first kappa shape index (κ1) is 20.6. The molecule has 0 aliphatic carbocycles. The molecule has 30 heavy (non-hydrogen) atoms. The number of aromatic nitrogens is 1. The van der Waals surface area contributed by atoms with Crippen molar-refractivity contribution in [2.24, 2.45) is 5.73 Å². The van der Waals surface area contributed by atoms with Gasteiger partial charge in [-0.05, 0) is 24.1 Å². The van der Waals surface area contributed by atoms with Crippen LogP contribution in [0.2, 0.25) is 0 Å². The van der Waals surface area contributed by atoms with Crippen LogP contribution in [0.25, 0.3) is 11.3 Å². The molecule has 2 amide bonds. The van der Waals surface area contributed by atoms with Crippen LogP contribution >= 0.6 is 0 Å². The molecule has 2 aromatic rings. The average Bonchev–Trinajstić information content (AvgIpc) is 3.03. The molecule has 0 radical (unpaired) electrons. The zero-order valence-corrected chi connectivity index (χ0v) is 16.1. The third-order valence-corrected chi connectivity index (χ3v) is 4.90. The van der Waals surface area contributed by atoms with Crippen LogP contribution in [0.4, 0.5) is 5.82 Å². The Morgan fingerprint density at radius 1 is 1.40 bits per heavy atom. The van der Waals surface area contributed by atoms with Gasteiger partial charge >= 0.3 is 5.97 Å². The van der Waals surface area contributed by atoms with Gasteiger partial charge in [0.15, 0.2) is 0 Å². The van der Waals surface area contributed by atoms with Gasteiger partial charge in [0, 0.05) is 30.2 Å². The van der Waals surface area contributed by atoms with Crippen molar-refractivity contribution in [2.75, 3.05) is 12.8 Å². The van der Waals surface area contributed by atoms with Crippen molar-refractivity contribution in [3.05, 3.63) is 41.0 Å². The van der Waals surface area contributed by atoms with Gasteiger partial charge in [0.1, 0.15) is 29.4 Å². The third-order valence-electron chi connectivity index (χ3n) is 4.90. The number of rotatable bonds is 7. The minimum absolute atomic E-state index is 0.0500. The fraction of sp³-hybridized carbons (Fsp3) is 0.250. The first-order chi connectivity index (χ1) is 14.3. The van der Waals surface area contributed by atoms with Crippen molar-refractivity contribution in [1.82, 2.24) is 9.88 Å². The second-order valence-electron chi connectivity index (χ2n) is 6.74. The lowest BCUT2D eigenvalue weighted by Gasteiger charge is -2.24. The highest BCUT2D eigenvalue weighted by Gasteiger charge is 2.36. The number of primary amides is 1. The van der Waals surface area contributed by atoms with E-state index in [2.05, 4.69) is 4.98 Å². The number of anilines is 1. The number of ether oxygens (including phenoxy) is 1. The number of fused-ring (bicyclic) bond motifs is 1. The molecule has 0 saturated heterocycles. The Morgan fingerprint density at radius 2 is 2.13 bits per heavy atom. The van der Waals surface area contributed by atoms with Gasteiger partial charge in [0.2, 0.25) is 5.91 Å². The number of nitrogens with two attached hydrogens (primary N) is 2. The summed E-state index contributed by atoms with van der Waals surface area (Å²) in [5.74, 6) is -1.84. The summed E-state index contributed by atoms with van der Waals surface area (Å²) >= 11 is 0. The van der Waals surface area contributed by atoms with Crippen LogP contribution in [0.5, 0.6) is 5.75 Å². The molecule has 0 unspecified atom stereocenters. The molecular formula is C20H19N5O5. The van der Waals surface area contributed by atoms with E-state index in [-0.39, 0.29) is 30.8 Å². The van der Waals surface area contributed by atoms with Crippen LogP contribution in [0.15, 0.2) is 24.3 Å². The molecule has 1 aromatic heterocycles. The van der Waals surface area contributed by atoms with Crippen LogP contribution in [0.1, 0.15) is 34.3 Å². The maximum Gasteiger partial charge on any atom is 0.303 e. The summed E-state index contributed by atoms with van der Waals surface area (Å²) in [4.78, 5) is 41.0. The molecule has 0 bridgehead atoms. The fourth-order valence-corrected chi connectivity index (χ4v) is 3.42. The zero-order valence-electron chi connectivity index (χ0n) is 16.1. The van der Waals surface area contributed by atoms with Crippen molar-refractivity contribution in [3.63, 3.8) is 0 Å². The predicted octanol–water partition coefficient (Wildman–Crippen LogP) is 0.886. The lowest BCUT2D eigenvalue weighted by Crippen LogP contribution is -2.45. The number of hydrogen-bond acceptors (Lipinski definition) is 7. The Bertz CT molecular complexity index is 1090. The topological polar surface area (TPSA) is 173 Å². The van der Waals surface area contributed by atoms with E-state index < -0.39 is 23.8 Å². The predicted molar refractivity (Wildman–Crippen MR) is 105 cm³/mol. The van der Waals surface area contributed by atoms with Crippen LogP contribution in [0.3, 0.4) is 0 Å². The number of benzene rings is 1. The minimum atomic E-state index is -1.08. The zero-order chi connectivity index (χ0) is 22.0. The maximum atomic E-state index is 12.8. The van der Waals surface area contributed by atoms with Crippen molar-refractivity contribution < 1.29 is 24.2 Å². The fourth-order valence-electron chi connectivity index (χ4n) is 3.42. The summed E-state index contributed by atoms with van der Waals surface area (Å²) in [5.41, 5.74) is 13.5. The third kappa shape index (κ3) is 3.73. The standard InChI is InChI=1S/C20H19N5O5/c1-30-15-7-11(8-21)18(22)24-17(15)10-2-3-13-12(6-10)9-25(20(13)29)14(19(23)28)4-5-16(26)27/h2-3,6-7,14H,4-5,9H2,1H3,(H2,22,24)(H2,23,28)(H,26,27)/t14-/m0/s1. The number of methoxy groups -OCH3 is 1. The number of carboxylic acid groups (broad SMARTS) is 1. The molecule has 1 aliphatic rings. The van der Waals surface area contributed by atoms with Crippen LogP contribution < -0.4 is 16.2 Å². The second kappa shape index (κ2) is 8.08. The van der Waals surface area contributed by atoms with Crippen LogP contribution in [-0.4, -0.2) is 45.9 Å². The van der Waals surface area contributed by atoms with Crippen LogP contribution in [-0.2, 0) is 16.1 Å². The van der Waals surface area contributed by atoms with Crippen molar-refractivity contribution in [3.8, 4) is 23.1 Å². The van der Waals surface area contributed by atoms with E-state index in [0.29, 0.717) is 28.1 Å². The molecule has 10 nitrogen and oxygen atoms in total. The van der Waals surface area contributed by atoms with Crippen molar-refractivity contribution in [1.29, 1.82) is 5.26 Å². The molecule has 1 atom stereocenters. The monoisotopic (exact) mass is 409 g/mol. The number of nitrogens with zero attached hydrogens (tertiary/aromatic N) is 3. The number of nitriles is 1. The van der Waals surface area contributed by atoms with Gasteiger partial charge in [-0.1, -0.05) is 6.07 Å². The number of amides is 2. The minimum Gasteiger partial charge on any atom is -0.494 e. The average molecular weight is 409 g/mol. The van der Waals surface area contributed by atoms with Gasteiger partial charge in [-0.25, -0.2) is 4.98 Å². The number of aliphatic carboxylic acids is 1. The van der Waals surface area contributed by atoms with Gasteiger partial charge in [-0.15, -0.1) is 0 Å². The summed E-state index contributed by atoms with van der Waals surface area (Å²) < 4.78 is 5.32. The number of carboxylic acids is 1. The largest absolute Gasteiger partial charge is 0.494 e. The summed E-state index contributed by atoms with van der Waals surface area (Å²) in [7, 11) is 1.44. The first-order valence-electron chi connectivity index (χ1n) is 8.96. The normalized spacial score (nSPS) is 13.5. The molecule has 3 rings (SSSR count). The Balaban J connectivity index is 1.96. The van der Waals surface area contributed by atoms with Gasteiger partial charge < -0.3 is 26.2 Å². The summed E-state index contributed by atoms with van der Waals surface area (Å²) in [5, 5.41) is 18.0. The number of hydrogen-bond donors (Lipinski definition) is 3. The van der Waals surface area contributed by atoms with Gasteiger partial charge in [-0.2, -0.15) is 5.26 Å². The van der Waals surface area contributed by atoms with Crippen molar-refractivity contribution >= 4 is 23.6 Å². The SMILES string of the molecule is COc1cc(C#N)c(N)nc1-c1ccc2c(c1)CN([C@@H](CCC(=O)O)C(N)=O)C2=O. The molecule has 5 N–H and O–H groups in total.